The van der Waals surface area contributed by atoms with Gasteiger partial charge in [0.2, 0.25) is 0 Å². The summed E-state index contributed by atoms with van der Waals surface area (Å²) in [4.78, 5) is 10.5. The van der Waals surface area contributed by atoms with Crippen molar-refractivity contribution in [3.8, 4) is 0 Å². The van der Waals surface area contributed by atoms with Crippen LogP contribution in [-0.2, 0) is 14.9 Å². The summed E-state index contributed by atoms with van der Waals surface area (Å²) in [5.74, 6) is -0.680. The van der Waals surface area contributed by atoms with Crippen LogP contribution in [0.15, 0.2) is 34.3 Å². The molecule has 0 aliphatic heterocycles. The molecule has 1 rings (SSSR count). The van der Waals surface area contributed by atoms with E-state index >= 15 is 0 Å². The van der Waals surface area contributed by atoms with Crippen LogP contribution in [-0.4, -0.2) is 30.3 Å². The highest BCUT2D eigenvalue weighted by Crippen LogP contribution is 2.13. The number of nitrogens with zero attached hydrogens (tertiary/aromatic N) is 1. The summed E-state index contributed by atoms with van der Waals surface area (Å²) in [6.45, 7) is 0. The lowest BCUT2D eigenvalue weighted by atomic mass is 10.3. The van der Waals surface area contributed by atoms with E-state index in [-0.39, 0.29) is 10.6 Å². The Balaban J connectivity index is 2.84. The van der Waals surface area contributed by atoms with Crippen LogP contribution in [0.25, 0.3) is 0 Å². The van der Waals surface area contributed by atoms with Gasteiger partial charge in [0.1, 0.15) is 16.3 Å². The van der Waals surface area contributed by atoms with Crippen molar-refractivity contribution in [3.63, 3.8) is 0 Å². The molecule has 0 spiro atoms. The lowest BCUT2D eigenvalue weighted by Crippen LogP contribution is -2.12. The summed E-state index contributed by atoms with van der Waals surface area (Å²) < 4.78 is 31.7. The molecule has 0 unspecified atom stereocenters. The second-order valence-corrected chi connectivity index (χ2v) is 4.09. The standard InChI is InChI=1S/C8H8N2O5S/c11-8(5-9-12)10-6-1-3-7(4-2-6)16(13,14)15/h1-5,12H,(H,10,11)(H,13,14,15)/p-1/b9-5-. The van der Waals surface area contributed by atoms with Gasteiger partial charge < -0.3 is 15.1 Å². The number of rotatable bonds is 3. The minimum Gasteiger partial charge on any atom is -0.744 e. The molecule has 86 valence electrons. The first kappa shape index (κ1) is 12.1. The Morgan fingerprint density at radius 1 is 1.38 bits per heavy atom. The summed E-state index contributed by atoms with van der Waals surface area (Å²) in [5, 5.41) is 12.8. The van der Waals surface area contributed by atoms with Gasteiger partial charge in [0.15, 0.2) is 0 Å². The molecule has 0 fully saturated rings. The van der Waals surface area contributed by atoms with Crippen LogP contribution in [0.5, 0.6) is 0 Å². The molecule has 1 aromatic carbocycles. The monoisotopic (exact) mass is 243 g/mol. The quantitative estimate of drug-likeness (QED) is 0.335. The van der Waals surface area contributed by atoms with Crippen molar-refractivity contribution in [1.29, 1.82) is 0 Å². The second-order valence-electron chi connectivity index (χ2n) is 2.71. The maximum absolute atomic E-state index is 10.9. The first-order chi connectivity index (χ1) is 7.43. The number of oxime groups is 1. The zero-order valence-electron chi connectivity index (χ0n) is 7.82. The molecule has 16 heavy (non-hydrogen) atoms. The topological polar surface area (TPSA) is 119 Å². The molecule has 1 aromatic rings. The highest BCUT2D eigenvalue weighted by molar-refractivity contribution is 7.85. The summed E-state index contributed by atoms with van der Waals surface area (Å²) >= 11 is 0. The van der Waals surface area contributed by atoms with E-state index in [0.29, 0.717) is 6.21 Å². The highest BCUT2D eigenvalue weighted by atomic mass is 32.2. The van der Waals surface area contributed by atoms with Crippen LogP contribution in [0.3, 0.4) is 0 Å². The molecule has 0 aliphatic carbocycles. The Morgan fingerprint density at radius 2 is 1.94 bits per heavy atom. The number of hydrogen-bond donors (Lipinski definition) is 2. The van der Waals surface area contributed by atoms with Crippen molar-refractivity contribution in [2.45, 2.75) is 4.90 Å². The minimum atomic E-state index is -4.49. The molecule has 0 bridgehead atoms. The van der Waals surface area contributed by atoms with Crippen LogP contribution in [0.2, 0.25) is 0 Å². The number of nitrogens with one attached hydrogen (secondary N) is 1. The van der Waals surface area contributed by atoms with Crippen molar-refractivity contribution >= 4 is 27.9 Å². The van der Waals surface area contributed by atoms with Crippen molar-refractivity contribution in [2.24, 2.45) is 5.16 Å². The first-order valence-corrected chi connectivity index (χ1v) is 5.38. The van der Waals surface area contributed by atoms with Crippen molar-refractivity contribution < 1.29 is 23.0 Å². The van der Waals surface area contributed by atoms with E-state index in [9.17, 15) is 17.8 Å². The number of anilines is 1. The van der Waals surface area contributed by atoms with Gasteiger partial charge in [0.25, 0.3) is 5.91 Å². The van der Waals surface area contributed by atoms with Crippen LogP contribution < -0.4 is 5.32 Å². The van der Waals surface area contributed by atoms with Crippen molar-refractivity contribution in [3.05, 3.63) is 24.3 Å². The van der Waals surface area contributed by atoms with Crippen molar-refractivity contribution in [2.75, 3.05) is 5.32 Å². The van der Waals surface area contributed by atoms with Crippen LogP contribution >= 0.6 is 0 Å². The average Bonchev–Trinajstić information content (AvgIpc) is 2.17. The third-order valence-corrected chi connectivity index (χ3v) is 2.44. The Kier molecular flexibility index (Phi) is 3.59. The van der Waals surface area contributed by atoms with E-state index in [4.69, 9.17) is 5.21 Å². The highest BCUT2D eigenvalue weighted by Gasteiger charge is 2.02. The average molecular weight is 243 g/mol. The molecule has 0 heterocycles. The predicted octanol–water partition coefficient (Wildman–Crippen LogP) is -0.0108. The van der Waals surface area contributed by atoms with E-state index in [2.05, 4.69) is 10.5 Å². The van der Waals surface area contributed by atoms with Crippen LogP contribution in [0.1, 0.15) is 0 Å². The molecule has 8 heteroatoms. The number of carbonyl (C=O) groups excluding carboxylic acids is 1. The fraction of sp³-hybridized carbons (Fsp3) is 0. The molecule has 7 nitrogen and oxygen atoms in total. The van der Waals surface area contributed by atoms with Crippen molar-refractivity contribution in [1.82, 2.24) is 0 Å². The van der Waals surface area contributed by atoms with Gasteiger partial charge in [-0.05, 0) is 24.3 Å². The van der Waals surface area contributed by atoms with E-state index in [0.717, 1.165) is 12.1 Å². The minimum absolute atomic E-state index is 0.275. The molecular formula is C8H7N2O5S-. The maximum Gasteiger partial charge on any atom is 0.270 e. The molecule has 0 saturated heterocycles. The van der Waals surface area contributed by atoms with Gasteiger partial charge in [0.05, 0.1) is 4.90 Å². The Hall–Kier alpha value is -1.93. The SMILES string of the molecule is O=C(/C=N\O)Nc1ccc(S(=O)(=O)[O-])cc1. The van der Waals surface area contributed by atoms with Gasteiger partial charge in [-0.15, -0.1) is 0 Å². The molecule has 0 aromatic heterocycles. The van der Waals surface area contributed by atoms with Crippen LogP contribution in [0.4, 0.5) is 5.69 Å². The Labute approximate surface area is 91.1 Å². The maximum atomic E-state index is 10.9. The molecule has 0 atom stereocenters. The fourth-order valence-corrected chi connectivity index (χ4v) is 1.40. The lowest BCUT2D eigenvalue weighted by molar-refractivity contribution is -0.110. The van der Waals surface area contributed by atoms with Gasteiger partial charge in [-0.1, -0.05) is 5.16 Å². The normalized spacial score (nSPS) is 11.6. The number of hydrogen-bond acceptors (Lipinski definition) is 6. The molecular weight excluding hydrogens is 236 g/mol. The third kappa shape index (κ3) is 3.33. The van der Waals surface area contributed by atoms with Gasteiger partial charge in [0, 0.05) is 5.69 Å². The fourth-order valence-electron chi connectivity index (χ4n) is 0.932. The van der Waals surface area contributed by atoms with E-state index in [1.54, 1.807) is 0 Å². The number of amides is 1. The Bertz CT molecular complexity index is 506. The summed E-state index contributed by atoms with van der Waals surface area (Å²) in [6.07, 6.45) is 0.637. The lowest BCUT2D eigenvalue weighted by Gasteiger charge is -2.07. The predicted molar refractivity (Wildman–Crippen MR) is 53.3 cm³/mol. The van der Waals surface area contributed by atoms with Gasteiger partial charge in [-0.25, -0.2) is 8.42 Å². The van der Waals surface area contributed by atoms with Gasteiger partial charge >= 0.3 is 0 Å². The molecule has 0 aliphatic rings. The van der Waals surface area contributed by atoms with E-state index in [1.807, 2.05) is 0 Å². The van der Waals surface area contributed by atoms with E-state index in [1.165, 1.54) is 12.1 Å². The largest absolute Gasteiger partial charge is 0.744 e. The third-order valence-electron chi connectivity index (χ3n) is 1.59. The zero-order chi connectivity index (χ0) is 12.2. The number of benzene rings is 1. The molecule has 1 amide bonds. The summed E-state index contributed by atoms with van der Waals surface area (Å²) in [5.41, 5.74) is 0.275. The Morgan fingerprint density at radius 3 is 2.38 bits per heavy atom. The molecule has 0 radical (unpaired) electrons. The summed E-state index contributed by atoms with van der Waals surface area (Å²) in [7, 11) is -4.49. The van der Waals surface area contributed by atoms with E-state index < -0.39 is 16.0 Å². The number of carbonyl (C=O) groups is 1. The first-order valence-electron chi connectivity index (χ1n) is 3.98. The summed E-state index contributed by atoms with van der Waals surface area (Å²) in [6, 6.07) is 4.61. The smallest absolute Gasteiger partial charge is 0.270 e. The molecule has 2 N–H and O–H groups in total. The molecule has 0 saturated carbocycles. The van der Waals surface area contributed by atoms with Crippen LogP contribution in [0, 0.1) is 0 Å². The van der Waals surface area contributed by atoms with Gasteiger partial charge in [-0.3, -0.25) is 4.79 Å². The van der Waals surface area contributed by atoms with Gasteiger partial charge in [-0.2, -0.15) is 0 Å². The second kappa shape index (κ2) is 4.73. The zero-order valence-corrected chi connectivity index (χ0v) is 8.64.